The van der Waals surface area contributed by atoms with Crippen LogP contribution in [-0.4, -0.2) is 88.0 Å². The van der Waals surface area contributed by atoms with Crippen LogP contribution in [-0.2, 0) is 4.74 Å². The van der Waals surface area contributed by atoms with E-state index in [2.05, 4.69) is 30.8 Å². The van der Waals surface area contributed by atoms with Gasteiger partial charge in [-0.05, 0) is 75.0 Å². The molecule has 0 radical (unpaired) electrons. The van der Waals surface area contributed by atoms with E-state index in [4.69, 9.17) is 9.47 Å². The minimum atomic E-state index is -2.92. The molecule has 4 aliphatic heterocycles. The molecule has 2 bridgehead atoms. The van der Waals surface area contributed by atoms with E-state index in [0.717, 1.165) is 32.2 Å². The Morgan fingerprint density at radius 1 is 1.20 bits per heavy atom. The molecule has 1 amide bonds. The van der Waals surface area contributed by atoms with Crippen molar-refractivity contribution in [3.8, 4) is 6.01 Å². The number of amides is 1. The van der Waals surface area contributed by atoms with E-state index in [1.807, 2.05) is 25.7 Å². The molecule has 4 saturated heterocycles. The van der Waals surface area contributed by atoms with Gasteiger partial charge in [0.25, 0.3) is 6.43 Å². The molecule has 13 heteroatoms. The van der Waals surface area contributed by atoms with Crippen molar-refractivity contribution >= 4 is 38.7 Å². The Labute approximate surface area is 244 Å². The predicted molar refractivity (Wildman–Crippen MR) is 148 cm³/mol. The third-order valence-corrected chi connectivity index (χ3v) is 9.52. The first-order valence-electron chi connectivity index (χ1n) is 14.1. The molecule has 41 heavy (non-hydrogen) atoms. The van der Waals surface area contributed by atoms with Gasteiger partial charge in [-0.3, -0.25) is 9.80 Å². The molecule has 5 heterocycles. The fourth-order valence-electron chi connectivity index (χ4n) is 6.99. The molecule has 2 aromatic rings. The quantitative estimate of drug-likeness (QED) is 0.370. The minimum absolute atomic E-state index is 0.0893. The van der Waals surface area contributed by atoms with Crippen molar-refractivity contribution in [3.63, 3.8) is 0 Å². The van der Waals surface area contributed by atoms with Crippen LogP contribution >= 0.6 is 15.9 Å². The number of nitrogens with zero attached hydrogens (tertiary/aromatic N) is 5. The lowest BCUT2D eigenvalue weighted by Gasteiger charge is -2.42. The number of halogens is 5. The number of ether oxygens (including phenoxy) is 2. The summed E-state index contributed by atoms with van der Waals surface area (Å²) in [5, 5.41) is 0.142. The molecular weight excluding hydrogens is 610 g/mol. The summed E-state index contributed by atoms with van der Waals surface area (Å²) in [5.41, 5.74) is -1.74. The van der Waals surface area contributed by atoms with E-state index in [0.29, 0.717) is 26.1 Å². The number of anilines is 1. The molecule has 4 fully saturated rings. The Balaban J connectivity index is 1.35. The summed E-state index contributed by atoms with van der Waals surface area (Å²) >= 11 is 2.98. The van der Waals surface area contributed by atoms with Crippen LogP contribution in [0.1, 0.15) is 64.9 Å². The van der Waals surface area contributed by atoms with Crippen molar-refractivity contribution in [1.82, 2.24) is 19.8 Å². The molecule has 0 saturated carbocycles. The van der Waals surface area contributed by atoms with E-state index in [1.165, 1.54) is 6.07 Å². The van der Waals surface area contributed by atoms with Gasteiger partial charge in [0, 0.05) is 37.0 Å². The van der Waals surface area contributed by atoms with Crippen LogP contribution in [0.15, 0.2) is 10.5 Å². The van der Waals surface area contributed by atoms with Crippen LogP contribution in [0.25, 0.3) is 10.9 Å². The van der Waals surface area contributed by atoms with Gasteiger partial charge < -0.3 is 14.4 Å². The van der Waals surface area contributed by atoms with Crippen molar-refractivity contribution < 1.29 is 31.8 Å². The molecule has 0 spiro atoms. The summed E-state index contributed by atoms with van der Waals surface area (Å²) in [6.45, 7) is 7.46. The maximum absolute atomic E-state index is 15.6. The number of piperazine rings is 1. The van der Waals surface area contributed by atoms with E-state index in [-0.39, 0.29) is 52.0 Å². The number of rotatable bonds is 5. The highest BCUT2D eigenvalue weighted by molar-refractivity contribution is 9.10. The maximum Gasteiger partial charge on any atom is 0.410 e. The van der Waals surface area contributed by atoms with Gasteiger partial charge in [0.1, 0.15) is 29.7 Å². The molecule has 0 N–H and O–H groups in total. The standard InChI is InChI=1S/C28H34BrF4N5O3/c1-27(2,3)41-26(39)38-16-5-6-17(38)13-36(12-16)24-19-9-18(23(32)33)20(29)21(31)22(19)34-25(35-24)40-14-28-7-4-8-37(28)11-15(30)10-28/h9,15-17,23H,4-8,10-14H2,1-3H3/t15?,16?,17?,28-/m0/s1. The fourth-order valence-corrected chi connectivity index (χ4v) is 7.46. The van der Waals surface area contributed by atoms with Crippen LogP contribution in [0.2, 0.25) is 0 Å². The number of carbonyl (C=O) groups is 1. The third kappa shape index (κ3) is 5.21. The largest absolute Gasteiger partial charge is 0.461 e. The van der Waals surface area contributed by atoms with Gasteiger partial charge >= 0.3 is 12.1 Å². The van der Waals surface area contributed by atoms with Crippen LogP contribution in [0, 0.1) is 5.82 Å². The molecule has 4 aliphatic rings. The normalized spacial score (nSPS) is 28.2. The second kappa shape index (κ2) is 10.4. The van der Waals surface area contributed by atoms with Gasteiger partial charge in [-0.1, -0.05) is 0 Å². The lowest BCUT2D eigenvalue weighted by atomic mass is 9.95. The monoisotopic (exact) mass is 643 g/mol. The Hall–Kier alpha value is -2.41. The highest BCUT2D eigenvalue weighted by Crippen LogP contribution is 2.42. The molecule has 6 rings (SSSR count). The van der Waals surface area contributed by atoms with Crippen molar-refractivity contribution in [2.45, 2.75) is 88.7 Å². The molecular formula is C28H34BrF4N5O3. The van der Waals surface area contributed by atoms with Gasteiger partial charge in [0.2, 0.25) is 0 Å². The van der Waals surface area contributed by atoms with E-state index in [1.54, 1.807) is 4.90 Å². The van der Waals surface area contributed by atoms with Gasteiger partial charge in [0.05, 0.1) is 22.1 Å². The molecule has 4 atom stereocenters. The van der Waals surface area contributed by atoms with Gasteiger partial charge in [0.15, 0.2) is 5.82 Å². The summed E-state index contributed by atoms with van der Waals surface area (Å²) in [7, 11) is 0. The second-order valence-electron chi connectivity index (χ2n) is 12.7. The van der Waals surface area contributed by atoms with Crippen molar-refractivity contribution in [2.75, 3.05) is 37.7 Å². The molecule has 3 unspecified atom stereocenters. The van der Waals surface area contributed by atoms with Gasteiger partial charge in [-0.15, -0.1) is 0 Å². The second-order valence-corrected chi connectivity index (χ2v) is 13.5. The number of fused-ring (bicyclic) bond motifs is 4. The Morgan fingerprint density at radius 3 is 2.56 bits per heavy atom. The zero-order valence-electron chi connectivity index (χ0n) is 23.3. The van der Waals surface area contributed by atoms with Gasteiger partial charge in [-0.2, -0.15) is 9.97 Å². The maximum atomic E-state index is 15.6. The zero-order chi connectivity index (χ0) is 29.3. The van der Waals surface area contributed by atoms with E-state index in [9.17, 15) is 18.0 Å². The SMILES string of the molecule is CC(C)(C)OC(=O)N1C2CCC1CN(c1nc(OC[C@@]34CCCN3CC(F)C4)nc3c(F)c(Br)c(C(F)F)cc13)C2. The third-order valence-electron chi connectivity index (χ3n) is 8.71. The van der Waals surface area contributed by atoms with Crippen LogP contribution in [0.3, 0.4) is 0 Å². The first kappa shape index (κ1) is 28.7. The summed E-state index contributed by atoms with van der Waals surface area (Å²) < 4.78 is 69.0. The first-order chi connectivity index (χ1) is 19.3. The summed E-state index contributed by atoms with van der Waals surface area (Å²) in [6.07, 6.45) is -0.694. The molecule has 8 nitrogen and oxygen atoms in total. The first-order valence-corrected chi connectivity index (χ1v) is 14.9. The average Bonchev–Trinajstić information content (AvgIpc) is 3.50. The van der Waals surface area contributed by atoms with Crippen LogP contribution < -0.4 is 9.64 Å². The molecule has 224 valence electrons. The molecule has 0 aliphatic carbocycles. The summed E-state index contributed by atoms with van der Waals surface area (Å²) in [6, 6.07) is 0.766. The highest BCUT2D eigenvalue weighted by atomic mass is 79.9. The number of hydrogen-bond acceptors (Lipinski definition) is 7. The molecule has 1 aromatic heterocycles. The van der Waals surface area contributed by atoms with E-state index >= 15 is 4.39 Å². The smallest absolute Gasteiger partial charge is 0.410 e. The minimum Gasteiger partial charge on any atom is -0.461 e. The fraction of sp³-hybridized carbons (Fsp3) is 0.679. The van der Waals surface area contributed by atoms with Crippen molar-refractivity contribution in [2.24, 2.45) is 0 Å². The number of hydrogen-bond donors (Lipinski definition) is 0. The van der Waals surface area contributed by atoms with Crippen LogP contribution in [0.4, 0.5) is 28.2 Å². The molecule has 1 aromatic carbocycles. The topological polar surface area (TPSA) is 71.0 Å². The van der Waals surface area contributed by atoms with Crippen molar-refractivity contribution in [3.05, 3.63) is 21.9 Å². The van der Waals surface area contributed by atoms with E-state index < -0.39 is 35.1 Å². The Bertz CT molecular complexity index is 1350. The summed E-state index contributed by atoms with van der Waals surface area (Å²) in [5.74, 6) is -0.651. The lowest BCUT2D eigenvalue weighted by molar-refractivity contribution is 0.0122. The highest BCUT2D eigenvalue weighted by Gasteiger charge is 2.50. The summed E-state index contributed by atoms with van der Waals surface area (Å²) in [4.78, 5) is 27.7. The number of carbonyl (C=O) groups excluding carboxylic acids is 1. The Morgan fingerprint density at radius 2 is 1.90 bits per heavy atom. The van der Waals surface area contributed by atoms with Crippen LogP contribution in [0.5, 0.6) is 6.01 Å². The lowest BCUT2D eigenvalue weighted by Crippen LogP contribution is -2.57. The number of benzene rings is 1. The predicted octanol–water partition coefficient (Wildman–Crippen LogP) is 6.01. The number of aromatic nitrogens is 2. The number of alkyl halides is 3. The Kier molecular flexibility index (Phi) is 7.27. The average molecular weight is 645 g/mol. The zero-order valence-corrected chi connectivity index (χ0v) is 24.9. The van der Waals surface area contributed by atoms with Gasteiger partial charge in [-0.25, -0.2) is 22.4 Å². The van der Waals surface area contributed by atoms with Crippen molar-refractivity contribution in [1.29, 1.82) is 0 Å².